The van der Waals surface area contributed by atoms with Crippen molar-refractivity contribution in [2.75, 3.05) is 7.05 Å². The zero-order chi connectivity index (χ0) is 49.4. The molecule has 4 amide bonds. The van der Waals surface area contributed by atoms with Crippen LogP contribution in [0.1, 0.15) is 81.7 Å². The Morgan fingerprint density at radius 1 is 0.676 bits per heavy atom. The molecule has 0 spiro atoms. The summed E-state index contributed by atoms with van der Waals surface area (Å²) in [5, 5.41) is 12.5. The van der Waals surface area contributed by atoms with Crippen LogP contribution < -0.4 is 16.0 Å². The Hall–Kier alpha value is -7.42. The number of benzene rings is 5. The first-order valence-corrected chi connectivity index (χ1v) is 25.7. The minimum absolute atomic E-state index is 0.100. The van der Waals surface area contributed by atoms with E-state index in [4.69, 9.17) is 14.7 Å². The predicted molar refractivity (Wildman–Crippen MR) is 281 cm³/mol. The number of urea groups is 1. The normalized spacial score (nSPS) is 12.7. The molecule has 0 saturated heterocycles. The molecule has 364 valence electrons. The molecule has 0 aliphatic carbocycles. The second kappa shape index (κ2) is 24.4. The highest BCUT2D eigenvalue weighted by Gasteiger charge is 2.39. The Morgan fingerprint density at radius 2 is 1.21 bits per heavy atom. The van der Waals surface area contributed by atoms with E-state index >= 15 is 4.79 Å². The summed E-state index contributed by atoms with van der Waals surface area (Å²) in [6.07, 6.45) is 7.19. The smallest absolute Gasteiger partial charge is 0.407 e. The van der Waals surface area contributed by atoms with Crippen LogP contribution in [0, 0.1) is 0 Å². The molecule has 3 aromatic heterocycles. The minimum atomic E-state index is -1.02. The van der Waals surface area contributed by atoms with Gasteiger partial charge in [0.25, 0.3) is 0 Å². The van der Waals surface area contributed by atoms with E-state index in [0.717, 1.165) is 43.4 Å². The Labute approximate surface area is 424 Å². The average molecular weight is 985 g/mol. The third-order valence-electron chi connectivity index (χ3n) is 12.4. The van der Waals surface area contributed by atoms with E-state index in [1.165, 1.54) is 11.3 Å². The molecular weight excluding hydrogens is 925 g/mol. The van der Waals surface area contributed by atoms with E-state index in [1.54, 1.807) is 35.0 Å². The van der Waals surface area contributed by atoms with Crippen molar-refractivity contribution in [2.24, 2.45) is 0 Å². The number of imidazole rings is 1. The number of hydrogen-bond acceptors (Lipinski definition) is 9. The van der Waals surface area contributed by atoms with Crippen molar-refractivity contribution in [3.8, 4) is 0 Å². The fourth-order valence-electron chi connectivity index (χ4n) is 8.90. The Morgan fingerprint density at radius 3 is 1.72 bits per heavy atom. The number of carbonyl (C=O) groups excluding carboxylic acids is 3. The number of nitrogens with one attached hydrogen (secondary N) is 3. The summed E-state index contributed by atoms with van der Waals surface area (Å²) in [4.78, 5) is 58.8. The van der Waals surface area contributed by atoms with E-state index in [2.05, 4.69) is 75.7 Å². The largest absolute Gasteiger partial charge is 0.444 e. The van der Waals surface area contributed by atoms with Gasteiger partial charge >= 0.3 is 12.1 Å². The summed E-state index contributed by atoms with van der Waals surface area (Å²) in [5.41, 5.74) is 7.47. The summed E-state index contributed by atoms with van der Waals surface area (Å²) in [5.74, 6) is -0.0867. The number of carbonyl (C=O) groups is 3. The number of hydrogen-bond donors (Lipinski definition) is 3. The second-order valence-electron chi connectivity index (χ2n) is 18.0. The molecule has 0 saturated carbocycles. The molecule has 0 aliphatic rings. The maximum absolute atomic E-state index is 15.0. The van der Waals surface area contributed by atoms with Gasteiger partial charge in [-0.1, -0.05) is 166 Å². The molecule has 3 atom stereocenters. The highest BCUT2D eigenvalue weighted by Crippen LogP contribution is 2.41. The van der Waals surface area contributed by atoms with Crippen molar-refractivity contribution in [2.45, 2.75) is 88.7 Å². The third-order valence-corrected chi connectivity index (χ3v) is 14.4. The van der Waals surface area contributed by atoms with Crippen molar-refractivity contribution in [1.82, 2.24) is 40.4 Å². The molecule has 0 radical (unpaired) electrons. The van der Waals surface area contributed by atoms with E-state index in [0.29, 0.717) is 31.4 Å². The van der Waals surface area contributed by atoms with Crippen LogP contribution in [-0.4, -0.2) is 67.6 Å². The lowest BCUT2D eigenvalue weighted by Crippen LogP contribution is -2.53. The lowest BCUT2D eigenvalue weighted by molar-refractivity contribution is -0.123. The van der Waals surface area contributed by atoms with Crippen LogP contribution in [0.25, 0.3) is 0 Å². The van der Waals surface area contributed by atoms with Crippen LogP contribution in [0.4, 0.5) is 9.59 Å². The molecular formula is C57H60N8O4S2. The topological polar surface area (TPSA) is 143 Å². The van der Waals surface area contributed by atoms with Gasteiger partial charge in [-0.15, -0.1) is 22.7 Å². The third kappa shape index (κ3) is 13.3. The highest BCUT2D eigenvalue weighted by atomic mass is 32.1. The number of aromatic nitrogens is 4. The fourth-order valence-corrected chi connectivity index (χ4v) is 10.2. The molecule has 5 aromatic carbocycles. The molecule has 8 rings (SSSR count). The maximum atomic E-state index is 15.0. The molecule has 0 fully saturated rings. The average Bonchev–Trinajstić information content (AvgIpc) is 4.21. The van der Waals surface area contributed by atoms with Crippen molar-refractivity contribution in [3.05, 3.63) is 230 Å². The van der Waals surface area contributed by atoms with Gasteiger partial charge in [0.15, 0.2) is 0 Å². The van der Waals surface area contributed by atoms with Crippen molar-refractivity contribution in [3.63, 3.8) is 0 Å². The monoisotopic (exact) mass is 984 g/mol. The summed E-state index contributed by atoms with van der Waals surface area (Å²) < 4.78 is 7.72. The lowest BCUT2D eigenvalue weighted by Gasteiger charge is -2.37. The molecule has 3 heterocycles. The van der Waals surface area contributed by atoms with Crippen LogP contribution in [0.5, 0.6) is 0 Å². The fraction of sp³-hybridized carbons (Fsp3) is 0.263. The summed E-state index contributed by atoms with van der Waals surface area (Å²) in [6.45, 7) is 4.58. The quantitative estimate of drug-likeness (QED) is 0.0574. The first-order valence-electron chi connectivity index (χ1n) is 24.0. The highest BCUT2D eigenvalue weighted by molar-refractivity contribution is 7.09. The Balaban J connectivity index is 1.09. The number of amides is 4. The van der Waals surface area contributed by atoms with E-state index < -0.39 is 23.7 Å². The lowest BCUT2D eigenvalue weighted by atomic mass is 9.77. The standard InChI is InChI=1S/C57H60N8O4S2/c1-41(2)54-61-50(38-70-54)35-64(3)55(67)63-52(33-49-36-65(39-59-49)57(44-23-13-6-14-24-44,45-25-15-7-16-26-45)46-27-17-8-18-28-46)53(66)60-47(31-42-19-9-4-10-20-42)29-30-48(32-43-21-11-5-12-22-43)62-56(68)69-37-51-34-58-40-71-51/h4-28,34,36,38-41,47-48,52H,29-33,35,37H2,1-3H3,(H,60,66)(H,62,68)(H,63,67)/t47?,48?,52-/m0/s1. The molecule has 0 bridgehead atoms. The van der Waals surface area contributed by atoms with Crippen molar-refractivity contribution >= 4 is 40.7 Å². The van der Waals surface area contributed by atoms with Crippen LogP contribution in [-0.2, 0) is 47.5 Å². The number of ether oxygens (including phenoxy) is 1. The Bertz CT molecular complexity index is 2780. The zero-order valence-corrected chi connectivity index (χ0v) is 41.9. The van der Waals surface area contributed by atoms with E-state index in [1.807, 2.05) is 133 Å². The van der Waals surface area contributed by atoms with Gasteiger partial charge in [-0.05, 0) is 53.5 Å². The molecule has 8 aromatic rings. The molecule has 0 aliphatic heterocycles. The number of rotatable bonds is 22. The second-order valence-corrected chi connectivity index (χ2v) is 19.9. The van der Waals surface area contributed by atoms with Gasteiger partial charge in [-0.3, -0.25) is 9.78 Å². The zero-order valence-electron chi connectivity index (χ0n) is 40.3. The molecule has 12 nitrogen and oxygen atoms in total. The Kier molecular flexibility index (Phi) is 17.2. The van der Waals surface area contributed by atoms with Crippen molar-refractivity contribution in [1.29, 1.82) is 0 Å². The van der Waals surface area contributed by atoms with Crippen molar-refractivity contribution < 1.29 is 19.1 Å². The number of alkyl carbamates (subject to hydrolysis) is 1. The SMILES string of the molecule is CC(C)c1nc(CN(C)C(=O)N[C@@H](Cc2cn(C(c3ccccc3)(c3ccccc3)c3ccccc3)cn2)C(=O)NC(CCC(Cc2ccccc2)NC(=O)OCc2cncs2)Cc2ccccc2)cs1. The molecule has 14 heteroatoms. The summed E-state index contributed by atoms with van der Waals surface area (Å²) in [7, 11) is 1.71. The molecule has 71 heavy (non-hydrogen) atoms. The van der Waals surface area contributed by atoms with Gasteiger partial charge in [0.1, 0.15) is 18.2 Å². The van der Waals surface area contributed by atoms with Gasteiger partial charge < -0.3 is 30.2 Å². The van der Waals surface area contributed by atoms with Crippen LogP contribution >= 0.6 is 22.7 Å². The van der Waals surface area contributed by atoms with Gasteiger partial charge in [-0.25, -0.2) is 19.6 Å². The minimum Gasteiger partial charge on any atom is -0.444 e. The maximum Gasteiger partial charge on any atom is 0.407 e. The predicted octanol–water partition coefficient (Wildman–Crippen LogP) is 10.6. The molecule has 3 N–H and O–H groups in total. The summed E-state index contributed by atoms with van der Waals surface area (Å²) in [6, 6.07) is 48.9. The van der Waals surface area contributed by atoms with Crippen LogP contribution in [0.3, 0.4) is 0 Å². The van der Waals surface area contributed by atoms with Crippen LogP contribution in [0.2, 0.25) is 0 Å². The first kappa shape index (κ1) is 50.0. The number of thiazole rings is 2. The summed E-state index contributed by atoms with van der Waals surface area (Å²) >= 11 is 3.00. The van der Waals surface area contributed by atoms with Gasteiger partial charge in [0.05, 0.1) is 39.7 Å². The van der Waals surface area contributed by atoms with Gasteiger partial charge in [0.2, 0.25) is 5.91 Å². The van der Waals surface area contributed by atoms with Gasteiger partial charge in [-0.2, -0.15) is 0 Å². The molecule has 2 unspecified atom stereocenters. The van der Waals surface area contributed by atoms with Crippen LogP contribution in [0.15, 0.2) is 181 Å². The number of nitrogens with zero attached hydrogens (tertiary/aromatic N) is 5. The van der Waals surface area contributed by atoms with E-state index in [-0.39, 0.29) is 43.5 Å². The first-order chi connectivity index (χ1) is 34.6. The van der Waals surface area contributed by atoms with E-state index in [9.17, 15) is 9.59 Å². The van der Waals surface area contributed by atoms with Gasteiger partial charge in [0, 0.05) is 49.2 Å².